The summed E-state index contributed by atoms with van der Waals surface area (Å²) in [6.45, 7) is 3.49. The Morgan fingerprint density at radius 2 is 1.77 bits per heavy atom. The van der Waals surface area contributed by atoms with E-state index >= 15 is 0 Å². The first-order chi connectivity index (χ1) is 10.8. The topological polar surface area (TPSA) is 33.3 Å². The monoisotopic (exact) mass is 314 g/mol. The number of rotatable bonds is 7. The Bertz CT molecular complexity index is 587. The van der Waals surface area contributed by atoms with E-state index in [1.807, 2.05) is 37.3 Å². The first-order valence-corrected chi connectivity index (χ1v) is 8.01. The molecule has 0 aromatic heterocycles. The summed E-state index contributed by atoms with van der Waals surface area (Å²) < 4.78 is 5.89. The summed E-state index contributed by atoms with van der Waals surface area (Å²) in [7, 11) is 0. The van der Waals surface area contributed by atoms with Crippen LogP contribution in [0.5, 0.6) is 5.75 Å². The summed E-state index contributed by atoms with van der Waals surface area (Å²) in [6.07, 6.45) is 2.00. The SMILES string of the molecule is CCNC(=S)Nc1ccccc1OCCCc1ccccc1. The van der Waals surface area contributed by atoms with Crippen molar-refractivity contribution in [2.24, 2.45) is 0 Å². The zero-order valence-corrected chi connectivity index (χ0v) is 13.7. The van der Waals surface area contributed by atoms with E-state index in [9.17, 15) is 0 Å². The zero-order chi connectivity index (χ0) is 15.6. The van der Waals surface area contributed by atoms with Crippen LogP contribution < -0.4 is 15.4 Å². The molecular formula is C18H22N2OS. The molecule has 2 rings (SSSR count). The fourth-order valence-corrected chi connectivity index (χ4v) is 2.38. The molecule has 2 N–H and O–H groups in total. The normalized spacial score (nSPS) is 10.0. The lowest BCUT2D eigenvalue weighted by Gasteiger charge is -2.14. The molecule has 0 atom stereocenters. The molecule has 0 heterocycles. The third-order valence-electron chi connectivity index (χ3n) is 3.18. The van der Waals surface area contributed by atoms with Crippen molar-refractivity contribution >= 4 is 23.0 Å². The van der Waals surface area contributed by atoms with Gasteiger partial charge in [-0.1, -0.05) is 42.5 Å². The molecule has 2 aromatic carbocycles. The van der Waals surface area contributed by atoms with Crippen molar-refractivity contribution in [3.8, 4) is 5.75 Å². The van der Waals surface area contributed by atoms with E-state index in [0.29, 0.717) is 11.7 Å². The Balaban J connectivity index is 1.83. The van der Waals surface area contributed by atoms with Crippen LogP contribution in [0.2, 0.25) is 0 Å². The van der Waals surface area contributed by atoms with Crippen LogP contribution in [-0.4, -0.2) is 18.3 Å². The highest BCUT2D eigenvalue weighted by atomic mass is 32.1. The maximum atomic E-state index is 5.89. The highest BCUT2D eigenvalue weighted by molar-refractivity contribution is 7.80. The molecule has 0 bridgehead atoms. The molecule has 0 radical (unpaired) electrons. The summed E-state index contributed by atoms with van der Waals surface area (Å²) in [5.74, 6) is 0.829. The summed E-state index contributed by atoms with van der Waals surface area (Å²) in [5.41, 5.74) is 2.24. The molecule has 0 spiro atoms. The van der Waals surface area contributed by atoms with Crippen molar-refractivity contribution < 1.29 is 4.74 Å². The molecule has 0 aliphatic rings. The van der Waals surface area contributed by atoms with Gasteiger partial charge in [0.1, 0.15) is 5.75 Å². The highest BCUT2D eigenvalue weighted by Gasteiger charge is 2.04. The van der Waals surface area contributed by atoms with Gasteiger partial charge in [-0.15, -0.1) is 0 Å². The van der Waals surface area contributed by atoms with Crippen LogP contribution in [-0.2, 0) is 6.42 Å². The van der Waals surface area contributed by atoms with E-state index in [0.717, 1.165) is 30.8 Å². The van der Waals surface area contributed by atoms with Gasteiger partial charge in [0, 0.05) is 6.54 Å². The summed E-state index contributed by atoms with van der Waals surface area (Å²) in [5, 5.41) is 6.85. The number of anilines is 1. The van der Waals surface area contributed by atoms with Crippen LogP contribution in [0, 0.1) is 0 Å². The maximum absolute atomic E-state index is 5.89. The van der Waals surface area contributed by atoms with E-state index in [-0.39, 0.29) is 0 Å². The number of hydrogen-bond donors (Lipinski definition) is 2. The summed E-state index contributed by atoms with van der Waals surface area (Å²) in [6, 6.07) is 18.3. The van der Waals surface area contributed by atoms with E-state index in [2.05, 4.69) is 34.9 Å². The van der Waals surface area contributed by atoms with Crippen LogP contribution in [0.25, 0.3) is 0 Å². The lowest BCUT2D eigenvalue weighted by Crippen LogP contribution is -2.28. The minimum absolute atomic E-state index is 0.614. The first kappa shape index (κ1) is 16.3. The largest absolute Gasteiger partial charge is 0.491 e. The predicted octanol–water partition coefficient (Wildman–Crippen LogP) is 4.00. The molecule has 4 heteroatoms. The van der Waals surface area contributed by atoms with E-state index in [1.54, 1.807) is 0 Å². The summed E-state index contributed by atoms with van der Waals surface area (Å²) >= 11 is 5.22. The highest BCUT2D eigenvalue weighted by Crippen LogP contribution is 2.23. The molecule has 0 saturated carbocycles. The smallest absolute Gasteiger partial charge is 0.170 e. The fraction of sp³-hybridized carbons (Fsp3) is 0.278. The van der Waals surface area contributed by atoms with Gasteiger partial charge in [-0.05, 0) is 49.7 Å². The molecule has 0 saturated heterocycles. The van der Waals surface area contributed by atoms with Gasteiger partial charge in [0.15, 0.2) is 5.11 Å². The Morgan fingerprint density at radius 3 is 2.55 bits per heavy atom. The van der Waals surface area contributed by atoms with Crippen LogP contribution in [0.1, 0.15) is 18.9 Å². The van der Waals surface area contributed by atoms with Gasteiger partial charge < -0.3 is 15.4 Å². The minimum atomic E-state index is 0.614. The number of aryl methyl sites for hydroxylation is 1. The van der Waals surface area contributed by atoms with E-state index in [4.69, 9.17) is 17.0 Å². The first-order valence-electron chi connectivity index (χ1n) is 7.60. The molecule has 0 amide bonds. The van der Waals surface area contributed by atoms with Crippen molar-refractivity contribution in [2.75, 3.05) is 18.5 Å². The Hall–Kier alpha value is -2.07. The number of benzene rings is 2. The fourth-order valence-electron chi connectivity index (χ4n) is 2.13. The second-order valence-electron chi connectivity index (χ2n) is 4.92. The zero-order valence-electron chi connectivity index (χ0n) is 12.8. The number of para-hydroxylation sites is 2. The molecule has 0 fully saturated rings. The number of thiocarbonyl (C=S) groups is 1. The molecule has 0 aliphatic heterocycles. The van der Waals surface area contributed by atoms with Gasteiger partial charge in [0.2, 0.25) is 0 Å². The van der Waals surface area contributed by atoms with Crippen molar-refractivity contribution in [3.63, 3.8) is 0 Å². The van der Waals surface area contributed by atoms with Gasteiger partial charge in [-0.2, -0.15) is 0 Å². The molecular weight excluding hydrogens is 292 g/mol. The molecule has 0 unspecified atom stereocenters. The molecule has 116 valence electrons. The second-order valence-corrected chi connectivity index (χ2v) is 5.33. The van der Waals surface area contributed by atoms with Gasteiger partial charge in [-0.3, -0.25) is 0 Å². The van der Waals surface area contributed by atoms with Crippen LogP contribution >= 0.6 is 12.2 Å². The molecule has 2 aromatic rings. The van der Waals surface area contributed by atoms with Gasteiger partial charge in [0.05, 0.1) is 12.3 Å². The second kappa shape index (κ2) is 9.05. The lowest BCUT2D eigenvalue weighted by atomic mass is 10.1. The number of ether oxygens (including phenoxy) is 1. The van der Waals surface area contributed by atoms with Crippen LogP contribution in [0.3, 0.4) is 0 Å². The van der Waals surface area contributed by atoms with Gasteiger partial charge in [-0.25, -0.2) is 0 Å². The lowest BCUT2D eigenvalue weighted by molar-refractivity contribution is 0.312. The number of nitrogens with one attached hydrogen (secondary N) is 2. The number of hydrogen-bond acceptors (Lipinski definition) is 2. The maximum Gasteiger partial charge on any atom is 0.170 e. The Labute approximate surface area is 137 Å². The minimum Gasteiger partial charge on any atom is -0.491 e. The van der Waals surface area contributed by atoms with Gasteiger partial charge in [0.25, 0.3) is 0 Å². The van der Waals surface area contributed by atoms with Crippen molar-refractivity contribution in [1.29, 1.82) is 0 Å². The average molecular weight is 314 g/mol. The summed E-state index contributed by atoms with van der Waals surface area (Å²) in [4.78, 5) is 0. The Kier molecular flexibility index (Phi) is 6.71. The predicted molar refractivity (Wildman–Crippen MR) is 96.6 cm³/mol. The van der Waals surface area contributed by atoms with E-state index < -0.39 is 0 Å². The standard InChI is InChI=1S/C18H22N2OS/c1-2-19-18(22)20-16-12-6-7-13-17(16)21-14-8-11-15-9-4-3-5-10-15/h3-7,9-10,12-13H,2,8,11,14H2,1H3,(H2,19,20,22). The van der Waals surface area contributed by atoms with Crippen LogP contribution in [0.15, 0.2) is 54.6 Å². The third kappa shape index (κ3) is 5.37. The van der Waals surface area contributed by atoms with Gasteiger partial charge >= 0.3 is 0 Å². The van der Waals surface area contributed by atoms with Crippen molar-refractivity contribution in [3.05, 3.63) is 60.2 Å². The average Bonchev–Trinajstić information content (AvgIpc) is 2.54. The third-order valence-corrected chi connectivity index (χ3v) is 3.43. The molecule has 0 aliphatic carbocycles. The quantitative estimate of drug-likeness (QED) is 0.598. The van der Waals surface area contributed by atoms with E-state index in [1.165, 1.54) is 5.56 Å². The molecule has 3 nitrogen and oxygen atoms in total. The van der Waals surface area contributed by atoms with Crippen molar-refractivity contribution in [2.45, 2.75) is 19.8 Å². The molecule has 22 heavy (non-hydrogen) atoms. The van der Waals surface area contributed by atoms with Crippen molar-refractivity contribution in [1.82, 2.24) is 5.32 Å². The van der Waals surface area contributed by atoms with Crippen LogP contribution in [0.4, 0.5) is 5.69 Å². The Morgan fingerprint density at radius 1 is 1.05 bits per heavy atom.